The molecular formula is C24H34N2O. The zero-order valence-electron chi connectivity index (χ0n) is 16.7. The normalized spacial score (nSPS) is 17.1. The fourth-order valence-electron chi connectivity index (χ4n) is 4.06. The van der Waals surface area contributed by atoms with Gasteiger partial charge in [-0.2, -0.15) is 0 Å². The molecule has 0 aliphatic carbocycles. The van der Waals surface area contributed by atoms with Crippen LogP contribution < -0.4 is 5.73 Å². The summed E-state index contributed by atoms with van der Waals surface area (Å²) in [7, 11) is 0. The van der Waals surface area contributed by atoms with Crippen molar-refractivity contribution < 1.29 is 4.74 Å². The lowest BCUT2D eigenvalue weighted by molar-refractivity contribution is -0.000415. The Morgan fingerprint density at radius 2 is 1.59 bits per heavy atom. The van der Waals surface area contributed by atoms with Crippen LogP contribution in [0.3, 0.4) is 0 Å². The number of anilines is 1. The Kier molecular flexibility index (Phi) is 7.31. The van der Waals surface area contributed by atoms with E-state index >= 15 is 0 Å². The van der Waals surface area contributed by atoms with Gasteiger partial charge in [0.2, 0.25) is 0 Å². The van der Waals surface area contributed by atoms with E-state index in [9.17, 15) is 0 Å². The Balaban J connectivity index is 1.50. The van der Waals surface area contributed by atoms with E-state index in [4.69, 9.17) is 10.5 Å². The Morgan fingerprint density at radius 3 is 2.26 bits per heavy atom. The van der Waals surface area contributed by atoms with E-state index in [1.165, 1.54) is 43.5 Å². The summed E-state index contributed by atoms with van der Waals surface area (Å²) in [5.74, 6) is 0. The summed E-state index contributed by atoms with van der Waals surface area (Å²) in [6.45, 7) is 7.31. The van der Waals surface area contributed by atoms with Crippen LogP contribution in [0, 0.1) is 5.41 Å². The maximum Gasteiger partial charge on any atom is 0.0523 e. The average molecular weight is 367 g/mol. The maximum absolute atomic E-state index is 5.91. The van der Waals surface area contributed by atoms with Gasteiger partial charge in [0.05, 0.1) is 6.61 Å². The first-order valence-electron chi connectivity index (χ1n) is 10.4. The van der Waals surface area contributed by atoms with E-state index in [1.54, 1.807) is 0 Å². The number of likely N-dealkylation sites (tertiary alicyclic amines) is 1. The van der Waals surface area contributed by atoms with Gasteiger partial charge in [-0.1, -0.05) is 42.5 Å². The maximum atomic E-state index is 5.91. The topological polar surface area (TPSA) is 38.5 Å². The predicted molar refractivity (Wildman–Crippen MR) is 114 cm³/mol. The van der Waals surface area contributed by atoms with Crippen LogP contribution in [0.1, 0.15) is 37.3 Å². The summed E-state index contributed by atoms with van der Waals surface area (Å²) < 4.78 is 5.91. The molecule has 0 bridgehead atoms. The number of piperidine rings is 1. The van der Waals surface area contributed by atoms with Crippen LogP contribution in [0.15, 0.2) is 54.6 Å². The number of hydrogen-bond donors (Lipinski definition) is 1. The first-order chi connectivity index (χ1) is 13.2. The molecule has 0 aromatic heterocycles. The lowest BCUT2D eigenvalue weighted by Crippen LogP contribution is -2.43. The Bertz CT molecular complexity index is 661. The Labute approximate surface area is 164 Å². The molecule has 2 aromatic carbocycles. The molecule has 3 heteroatoms. The third kappa shape index (κ3) is 6.08. The highest BCUT2D eigenvalue weighted by Gasteiger charge is 2.34. The summed E-state index contributed by atoms with van der Waals surface area (Å²) >= 11 is 0. The minimum absolute atomic E-state index is 0.337. The van der Waals surface area contributed by atoms with Crippen molar-refractivity contribution in [3.63, 3.8) is 0 Å². The van der Waals surface area contributed by atoms with E-state index < -0.39 is 0 Å². The second kappa shape index (κ2) is 9.91. The fraction of sp³-hybridized carbons (Fsp3) is 0.500. The van der Waals surface area contributed by atoms with Gasteiger partial charge in [0.1, 0.15) is 0 Å². The third-order valence-electron chi connectivity index (χ3n) is 6.01. The minimum Gasteiger partial charge on any atom is -0.399 e. The lowest BCUT2D eigenvalue weighted by Gasteiger charge is -2.42. The number of benzene rings is 2. The lowest BCUT2D eigenvalue weighted by atomic mass is 9.74. The summed E-state index contributed by atoms with van der Waals surface area (Å²) in [5.41, 5.74) is 9.78. The molecule has 0 unspecified atom stereocenters. The van der Waals surface area contributed by atoms with E-state index in [1.807, 2.05) is 12.1 Å². The van der Waals surface area contributed by atoms with Crippen LogP contribution in [-0.2, 0) is 17.6 Å². The van der Waals surface area contributed by atoms with Crippen molar-refractivity contribution >= 4 is 5.69 Å². The van der Waals surface area contributed by atoms with Crippen molar-refractivity contribution in [2.45, 2.75) is 39.0 Å². The molecular weight excluding hydrogens is 332 g/mol. The zero-order valence-corrected chi connectivity index (χ0v) is 16.7. The highest BCUT2D eigenvalue weighted by Crippen LogP contribution is 2.36. The Hall–Kier alpha value is -1.84. The second-order valence-electron chi connectivity index (χ2n) is 7.96. The molecule has 1 saturated heterocycles. The van der Waals surface area contributed by atoms with Crippen molar-refractivity contribution in [2.75, 3.05) is 38.6 Å². The van der Waals surface area contributed by atoms with Gasteiger partial charge in [-0.05, 0) is 80.8 Å². The number of rotatable bonds is 9. The van der Waals surface area contributed by atoms with Crippen LogP contribution in [0.4, 0.5) is 5.69 Å². The average Bonchev–Trinajstić information content (AvgIpc) is 2.72. The summed E-state index contributed by atoms with van der Waals surface area (Å²) in [5, 5.41) is 0. The van der Waals surface area contributed by atoms with E-state index in [2.05, 4.69) is 54.3 Å². The van der Waals surface area contributed by atoms with Crippen LogP contribution in [0.25, 0.3) is 0 Å². The molecule has 1 aliphatic rings. The van der Waals surface area contributed by atoms with Gasteiger partial charge in [-0.3, -0.25) is 0 Å². The molecule has 0 saturated carbocycles. The quantitative estimate of drug-likeness (QED) is 0.661. The van der Waals surface area contributed by atoms with Crippen LogP contribution in [-0.4, -0.2) is 37.7 Å². The fourth-order valence-corrected chi connectivity index (χ4v) is 4.06. The van der Waals surface area contributed by atoms with Gasteiger partial charge in [-0.15, -0.1) is 0 Å². The number of aryl methyl sites for hydroxylation is 1. The molecule has 0 atom stereocenters. The molecule has 3 nitrogen and oxygen atoms in total. The standard InChI is InChI=1S/C24H34N2O/c1-2-27-20-24(14-12-21-6-4-3-5-7-21)15-18-26(19-16-24)17-13-22-8-10-23(25)11-9-22/h3-11H,2,12-20,25H2,1H3. The Morgan fingerprint density at radius 1 is 0.926 bits per heavy atom. The van der Waals surface area contributed by atoms with Gasteiger partial charge >= 0.3 is 0 Å². The second-order valence-corrected chi connectivity index (χ2v) is 7.96. The molecule has 146 valence electrons. The highest BCUT2D eigenvalue weighted by atomic mass is 16.5. The van der Waals surface area contributed by atoms with Gasteiger partial charge in [-0.25, -0.2) is 0 Å². The van der Waals surface area contributed by atoms with Crippen molar-refractivity contribution in [1.82, 2.24) is 4.90 Å². The summed E-state index contributed by atoms with van der Waals surface area (Å²) in [6.07, 6.45) is 5.95. The van der Waals surface area contributed by atoms with Gasteiger partial charge < -0.3 is 15.4 Å². The van der Waals surface area contributed by atoms with E-state index in [0.717, 1.165) is 38.3 Å². The molecule has 0 spiro atoms. The minimum atomic E-state index is 0.337. The van der Waals surface area contributed by atoms with Gasteiger partial charge in [0.25, 0.3) is 0 Å². The molecule has 1 aliphatic heterocycles. The summed E-state index contributed by atoms with van der Waals surface area (Å²) in [6, 6.07) is 19.2. The number of ether oxygens (including phenoxy) is 1. The largest absolute Gasteiger partial charge is 0.399 e. The smallest absolute Gasteiger partial charge is 0.0523 e. The highest BCUT2D eigenvalue weighted by molar-refractivity contribution is 5.39. The van der Waals surface area contributed by atoms with Gasteiger partial charge in [0, 0.05) is 18.8 Å². The molecule has 27 heavy (non-hydrogen) atoms. The van der Waals surface area contributed by atoms with Gasteiger partial charge in [0.15, 0.2) is 0 Å². The molecule has 3 rings (SSSR count). The van der Waals surface area contributed by atoms with Crippen LogP contribution >= 0.6 is 0 Å². The van der Waals surface area contributed by atoms with Crippen LogP contribution in [0.2, 0.25) is 0 Å². The molecule has 2 aromatic rings. The van der Waals surface area contributed by atoms with Crippen molar-refractivity contribution in [3.8, 4) is 0 Å². The number of nitrogens with two attached hydrogens (primary N) is 1. The van der Waals surface area contributed by atoms with E-state index in [0.29, 0.717) is 5.41 Å². The first-order valence-corrected chi connectivity index (χ1v) is 10.4. The first kappa shape index (κ1) is 19.9. The predicted octanol–water partition coefficient (Wildman–Crippen LogP) is 4.56. The molecule has 1 heterocycles. The van der Waals surface area contributed by atoms with Crippen molar-refractivity contribution in [1.29, 1.82) is 0 Å². The third-order valence-corrected chi connectivity index (χ3v) is 6.01. The zero-order chi connectivity index (χ0) is 19.0. The SMILES string of the molecule is CCOCC1(CCc2ccccc2)CCN(CCc2ccc(N)cc2)CC1. The molecule has 2 N–H and O–H groups in total. The number of nitrogen functional groups attached to an aromatic ring is 1. The molecule has 0 radical (unpaired) electrons. The van der Waals surface area contributed by atoms with Crippen molar-refractivity contribution in [3.05, 3.63) is 65.7 Å². The summed E-state index contributed by atoms with van der Waals surface area (Å²) in [4.78, 5) is 2.61. The number of nitrogens with zero attached hydrogens (tertiary/aromatic N) is 1. The van der Waals surface area contributed by atoms with E-state index in [-0.39, 0.29) is 0 Å². The van der Waals surface area contributed by atoms with Crippen molar-refractivity contribution in [2.24, 2.45) is 5.41 Å². The number of hydrogen-bond acceptors (Lipinski definition) is 3. The van der Waals surface area contributed by atoms with Crippen LogP contribution in [0.5, 0.6) is 0 Å². The molecule has 1 fully saturated rings. The molecule has 0 amide bonds. The monoisotopic (exact) mass is 366 g/mol.